The summed E-state index contributed by atoms with van der Waals surface area (Å²) in [4.78, 5) is 22.3. The van der Waals surface area contributed by atoms with Gasteiger partial charge in [0.1, 0.15) is 22.6 Å². The number of nitro groups is 1. The van der Waals surface area contributed by atoms with Crippen molar-refractivity contribution in [1.82, 2.24) is 9.78 Å². The van der Waals surface area contributed by atoms with Crippen molar-refractivity contribution < 1.29 is 18.5 Å². The zero-order valence-corrected chi connectivity index (χ0v) is 16.0. The predicted molar refractivity (Wildman–Crippen MR) is 96.4 cm³/mol. The molecule has 8 nitrogen and oxygen atoms in total. The molecule has 0 aliphatic heterocycles. The monoisotopic (exact) mass is 486 g/mol. The summed E-state index contributed by atoms with van der Waals surface area (Å²) in [6.45, 7) is 0.0896. The highest BCUT2D eigenvalue weighted by Crippen LogP contribution is 2.23. The molecular formula is C15H9Br2FN4O4. The van der Waals surface area contributed by atoms with Gasteiger partial charge in [-0.3, -0.25) is 4.79 Å². The molecule has 0 unspecified atom stereocenters. The van der Waals surface area contributed by atoms with Gasteiger partial charge in [-0.2, -0.15) is 4.68 Å². The Morgan fingerprint density at radius 1 is 1.35 bits per heavy atom. The Kier molecular flexibility index (Phi) is 5.18. The summed E-state index contributed by atoms with van der Waals surface area (Å²) in [5.41, 5.74) is 0.0165. The van der Waals surface area contributed by atoms with Crippen LogP contribution < -0.4 is 5.32 Å². The van der Waals surface area contributed by atoms with Gasteiger partial charge in [0.05, 0.1) is 17.0 Å². The van der Waals surface area contributed by atoms with Crippen LogP contribution in [0.1, 0.15) is 16.3 Å². The standard InChI is InChI=1S/C15H9Br2FN4O4/c16-8-1-3-12(11(18)5-8)19-15(23)13-4-2-9(26-13)6-21-7-10(17)14(20-21)22(24)25/h1-5,7H,6H2,(H,19,23). The maximum atomic E-state index is 13.8. The van der Waals surface area contributed by atoms with Gasteiger partial charge in [-0.1, -0.05) is 15.9 Å². The molecule has 11 heteroatoms. The molecule has 3 aromatic rings. The smallest absolute Gasteiger partial charge is 0.404 e. The molecule has 0 fully saturated rings. The normalized spacial score (nSPS) is 10.7. The Hall–Kier alpha value is -2.53. The molecule has 3 rings (SSSR count). The third-order valence-corrected chi connectivity index (χ3v) is 4.31. The molecule has 2 heterocycles. The van der Waals surface area contributed by atoms with Crippen molar-refractivity contribution in [3.05, 3.63) is 72.9 Å². The number of hydrogen-bond donors (Lipinski definition) is 1. The van der Waals surface area contributed by atoms with Gasteiger partial charge in [0.15, 0.2) is 5.76 Å². The van der Waals surface area contributed by atoms with Crippen LogP contribution in [0.4, 0.5) is 15.9 Å². The predicted octanol–water partition coefficient (Wildman–Crippen LogP) is 4.35. The summed E-state index contributed by atoms with van der Waals surface area (Å²) in [6.07, 6.45) is 1.43. The van der Waals surface area contributed by atoms with Crippen LogP contribution in [0, 0.1) is 15.9 Å². The molecule has 134 valence electrons. The number of hydrogen-bond acceptors (Lipinski definition) is 5. The highest BCUT2D eigenvalue weighted by Gasteiger charge is 2.20. The third kappa shape index (κ3) is 3.99. The van der Waals surface area contributed by atoms with Crippen LogP contribution >= 0.6 is 31.9 Å². The number of furan rings is 1. The van der Waals surface area contributed by atoms with E-state index in [1.807, 2.05) is 0 Å². The summed E-state index contributed by atoms with van der Waals surface area (Å²) >= 11 is 6.18. The molecule has 0 aliphatic carbocycles. The van der Waals surface area contributed by atoms with Crippen molar-refractivity contribution in [2.24, 2.45) is 0 Å². The van der Waals surface area contributed by atoms with Gasteiger partial charge in [-0.05, 0) is 51.2 Å². The summed E-state index contributed by atoms with van der Waals surface area (Å²) in [5, 5.41) is 17.0. The lowest BCUT2D eigenvalue weighted by Crippen LogP contribution is -2.12. The quantitative estimate of drug-likeness (QED) is 0.425. The number of benzene rings is 1. The molecule has 2 aromatic heterocycles. The number of aromatic nitrogens is 2. The molecule has 0 atom stereocenters. The van der Waals surface area contributed by atoms with Crippen molar-refractivity contribution >= 4 is 49.3 Å². The largest absolute Gasteiger partial charge is 0.454 e. The molecule has 1 amide bonds. The number of amides is 1. The van der Waals surface area contributed by atoms with E-state index in [4.69, 9.17) is 4.42 Å². The number of nitrogens with one attached hydrogen (secondary N) is 1. The number of halogens is 3. The maximum Gasteiger partial charge on any atom is 0.404 e. The third-order valence-electron chi connectivity index (χ3n) is 3.25. The first kappa shape index (κ1) is 18.3. The van der Waals surface area contributed by atoms with E-state index >= 15 is 0 Å². The van der Waals surface area contributed by atoms with Crippen molar-refractivity contribution in [3.63, 3.8) is 0 Å². The minimum Gasteiger partial charge on any atom is -0.454 e. The Morgan fingerprint density at radius 2 is 2.12 bits per heavy atom. The second-order valence-electron chi connectivity index (χ2n) is 5.10. The SMILES string of the molecule is O=C(Nc1ccc(Br)cc1F)c1ccc(Cn2cc(Br)c([N+](=O)[O-])n2)o1. The lowest BCUT2D eigenvalue weighted by molar-refractivity contribution is -0.390. The number of rotatable bonds is 5. The van der Waals surface area contributed by atoms with Crippen LogP contribution in [-0.2, 0) is 6.54 Å². The summed E-state index contributed by atoms with van der Waals surface area (Å²) in [5.74, 6) is -1.20. The Bertz CT molecular complexity index is 1000. The van der Waals surface area contributed by atoms with Gasteiger partial charge in [-0.15, -0.1) is 0 Å². The van der Waals surface area contributed by atoms with E-state index in [9.17, 15) is 19.3 Å². The number of carbonyl (C=O) groups is 1. The number of anilines is 1. The molecule has 26 heavy (non-hydrogen) atoms. The van der Waals surface area contributed by atoms with Crippen LogP contribution in [-0.4, -0.2) is 20.6 Å². The second-order valence-corrected chi connectivity index (χ2v) is 6.87. The Labute approximate surface area is 162 Å². The lowest BCUT2D eigenvalue weighted by atomic mass is 10.3. The zero-order chi connectivity index (χ0) is 18.8. The lowest BCUT2D eigenvalue weighted by Gasteiger charge is -2.04. The highest BCUT2D eigenvalue weighted by atomic mass is 79.9. The van der Waals surface area contributed by atoms with Gasteiger partial charge in [0.25, 0.3) is 5.91 Å². The van der Waals surface area contributed by atoms with Gasteiger partial charge >= 0.3 is 5.82 Å². The molecule has 0 saturated carbocycles. The van der Waals surface area contributed by atoms with E-state index in [0.717, 1.165) is 0 Å². The Morgan fingerprint density at radius 3 is 2.77 bits per heavy atom. The van der Waals surface area contributed by atoms with Crippen molar-refractivity contribution in [2.75, 3.05) is 5.32 Å². The van der Waals surface area contributed by atoms with Gasteiger partial charge in [0, 0.05) is 4.47 Å². The number of carbonyl (C=O) groups excluding carboxylic acids is 1. The van der Waals surface area contributed by atoms with Gasteiger partial charge in [0.2, 0.25) is 0 Å². The summed E-state index contributed by atoms with van der Waals surface area (Å²) < 4.78 is 21.3. The second kappa shape index (κ2) is 7.38. The van der Waals surface area contributed by atoms with Crippen molar-refractivity contribution in [3.8, 4) is 0 Å². The molecule has 0 saturated heterocycles. The van der Waals surface area contributed by atoms with Crippen LogP contribution in [0.2, 0.25) is 0 Å². The zero-order valence-electron chi connectivity index (χ0n) is 12.8. The summed E-state index contributed by atoms with van der Waals surface area (Å²) in [6, 6.07) is 7.20. The topological polar surface area (TPSA) is 103 Å². The van der Waals surface area contributed by atoms with Crippen LogP contribution in [0.5, 0.6) is 0 Å². The average molecular weight is 488 g/mol. The first-order chi connectivity index (χ1) is 12.3. The van der Waals surface area contributed by atoms with Gasteiger partial charge < -0.3 is 19.8 Å². The molecule has 1 N–H and O–H groups in total. The fraction of sp³-hybridized carbons (Fsp3) is 0.0667. The van der Waals surface area contributed by atoms with Gasteiger partial charge in [-0.25, -0.2) is 4.39 Å². The minimum absolute atomic E-state index is 0.0165. The summed E-state index contributed by atoms with van der Waals surface area (Å²) in [7, 11) is 0. The number of nitrogens with zero attached hydrogens (tertiary/aromatic N) is 3. The van der Waals surface area contributed by atoms with Crippen LogP contribution in [0.15, 0.2) is 49.9 Å². The maximum absolute atomic E-state index is 13.8. The fourth-order valence-corrected chi connectivity index (χ4v) is 2.90. The molecule has 0 bridgehead atoms. The first-order valence-electron chi connectivity index (χ1n) is 7.06. The van der Waals surface area contributed by atoms with Crippen molar-refractivity contribution in [2.45, 2.75) is 6.54 Å². The molecule has 0 aliphatic rings. The highest BCUT2D eigenvalue weighted by molar-refractivity contribution is 9.10. The van der Waals surface area contributed by atoms with Crippen LogP contribution in [0.3, 0.4) is 0 Å². The van der Waals surface area contributed by atoms with E-state index in [0.29, 0.717) is 10.2 Å². The first-order valence-corrected chi connectivity index (χ1v) is 8.64. The van der Waals surface area contributed by atoms with Crippen molar-refractivity contribution in [1.29, 1.82) is 0 Å². The van der Waals surface area contributed by atoms with E-state index < -0.39 is 16.6 Å². The Balaban J connectivity index is 1.72. The van der Waals surface area contributed by atoms with E-state index in [1.54, 1.807) is 6.07 Å². The van der Waals surface area contributed by atoms with Crippen LogP contribution in [0.25, 0.3) is 0 Å². The fourth-order valence-electron chi connectivity index (χ4n) is 2.11. The molecule has 1 aromatic carbocycles. The minimum atomic E-state index is -0.620. The van der Waals surface area contributed by atoms with E-state index in [-0.39, 0.29) is 28.3 Å². The molecular weight excluding hydrogens is 479 g/mol. The average Bonchev–Trinajstić information content (AvgIpc) is 3.17. The van der Waals surface area contributed by atoms with E-state index in [2.05, 4.69) is 42.3 Å². The molecule has 0 spiro atoms. The van der Waals surface area contributed by atoms with E-state index in [1.165, 1.54) is 35.1 Å². The molecule has 0 radical (unpaired) electrons.